The summed E-state index contributed by atoms with van der Waals surface area (Å²) in [5, 5.41) is 32.5. The molecule has 0 aromatic heterocycles. The zero-order valence-electron chi connectivity index (χ0n) is 12.9. The topological polar surface area (TPSA) is 167 Å². The molecule has 0 aliphatic heterocycles. The van der Waals surface area contributed by atoms with Crippen LogP contribution in [0.25, 0.3) is 0 Å². The van der Waals surface area contributed by atoms with Crippen molar-refractivity contribution in [2.45, 2.75) is 25.6 Å². The fourth-order valence-electron chi connectivity index (χ4n) is 1.68. The minimum Gasteiger partial charge on any atom is -0.479 e. The highest BCUT2D eigenvalue weighted by Crippen LogP contribution is 2.11. The normalized spacial score (nSPS) is 13.0. The van der Waals surface area contributed by atoms with Crippen LogP contribution < -0.4 is 11.5 Å². The summed E-state index contributed by atoms with van der Waals surface area (Å²) in [4.78, 5) is 19.5. The Bertz CT molecular complexity index is 486. The minimum absolute atomic E-state index is 0.418. The van der Waals surface area contributed by atoms with E-state index in [1.807, 2.05) is 0 Å². The van der Waals surface area contributed by atoms with Crippen LogP contribution in [0, 0.1) is 12.8 Å². The number of rotatable bonds is 7. The molecule has 0 saturated carbocycles. The average Bonchev–Trinajstić information content (AvgIpc) is 2.53. The Morgan fingerprint density at radius 1 is 1.00 bits per heavy atom. The summed E-state index contributed by atoms with van der Waals surface area (Å²) in [5.74, 6) is -3.12. The number of carbonyl (C=O) groups is 2. The van der Waals surface area contributed by atoms with Crippen molar-refractivity contribution in [3.63, 3.8) is 0 Å². The number of carboxylic acids is 2. The minimum atomic E-state index is -2.27. The summed E-state index contributed by atoms with van der Waals surface area (Å²) in [7, 11) is 0. The molecule has 0 heterocycles. The molecule has 23 heavy (non-hydrogen) atoms. The Kier molecular flexibility index (Phi) is 9.75. The third kappa shape index (κ3) is 7.71. The first-order valence-electron chi connectivity index (χ1n) is 7.00. The van der Waals surface area contributed by atoms with Gasteiger partial charge in [-0.2, -0.15) is 0 Å². The van der Waals surface area contributed by atoms with E-state index in [4.69, 9.17) is 31.9 Å². The van der Waals surface area contributed by atoms with Gasteiger partial charge in [0.05, 0.1) is 0 Å². The van der Waals surface area contributed by atoms with Crippen molar-refractivity contribution < 1.29 is 30.0 Å². The van der Waals surface area contributed by atoms with Gasteiger partial charge in [0, 0.05) is 0 Å². The number of nitrogens with two attached hydrogens (primary N) is 2. The fourth-order valence-corrected chi connectivity index (χ4v) is 1.68. The lowest BCUT2D eigenvalue weighted by atomic mass is 9.96. The number of carboxylic acid groups (broad SMARTS) is 2. The van der Waals surface area contributed by atoms with Crippen LogP contribution in [-0.2, 0) is 16.0 Å². The van der Waals surface area contributed by atoms with E-state index in [1.165, 1.54) is 11.1 Å². The molecule has 0 spiro atoms. The summed E-state index contributed by atoms with van der Waals surface area (Å²) in [6.45, 7) is 3.47. The third-order valence-electron chi connectivity index (χ3n) is 3.24. The van der Waals surface area contributed by atoms with Crippen molar-refractivity contribution >= 4 is 11.9 Å². The number of benzene rings is 1. The standard InChI is InChI=1S/C11H18N2.C4H6O6/c1-9-4-2-3-5-11(9)6-10(7-12)8-13;5-1(3(7)8)2(6)4(9)10/h2-5,10H,6-8,12-13H2,1H3;1-2,5-6H,(H,7,8)(H,9,10). The van der Waals surface area contributed by atoms with Gasteiger partial charge in [0.2, 0.25) is 0 Å². The SMILES string of the molecule is Cc1ccccc1CC(CN)CN.O=C(O)C(O)C(O)C(=O)O. The van der Waals surface area contributed by atoms with Crippen LogP contribution in [0.1, 0.15) is 11.1 Å². The van der Waals surface area contributed by atoms with Crippen molar-refractivity contribution in [1.82, 2.24) is 0 Å². The lowest BCUT2D eigenvalue weighted by molar-refractivity contribution is -0.165. The molecule has 0 radical (unpaired) electrons. The molecule has 1 aromatic rings. The quantitative estimate of drug-likeness (QED) is 0.368. The fraction of sp³-hybridized carbons (Fsp3) is 0.467. The third-order valence-corrected chi connectivity index (χ3v) is 3.24. The molecule has 0 aliphatic carbocycles. The van der Waals surface area contributed by atoms with E-state index in [2.05, 4.69) is 31.2 Å². The first kappa shape index (κ1) is 21.0. The van der Waals surface area contributed by atoms with Crippen molar-refractivity contribution in [3.8, 4) is 0 Å². The molecule has 8 N–H and O–H groups in total. The lowest BCUT2D eigenvalue weighted by Crippen LogP contribution is -2.39. The van der Waals surface area contributed by atoms with Crippen LogP contribution in [0.2, 0.25) is 0 Å². The van der Waals surface area contributed by atoms with Gasteiger partial charge < -0.3 is 31.9 Å². The number of aryl methyl sites for hydroxylation is 1. The van der Waals surface area contributed by atoms with Crippen molar-refractivity contribution in [1.29, 1.82) is 0 Å². The Morgan fingerprint density at radius 3 is 1.78 bits per heavy atom. The van der Waals surface area contributed by atoms with Gasteiger partial charge in [-0.25, -0.2) is 9.59 Å². The second-order valence-electron chi connectivity index (χ2n) is 5.03. The number of aliphatic hydroxyl groups excluding tert-OH is 2. The second-order valence-corrected chi connectivity index (χ2v) is 5.03. The molecule has 1 aromatic carbocycles. The predicted octanol–water partition coefficient (Wildman–Crippen LogP) is -1.05. The Labute approximate surface area is 134 Å². The van der Waals surface area contributed by atoms with Crippen LogP contribution in [0.4, 0.5) is 0 Å². The van der Waals surface area contributed by atoms with E-state index >= 15 is 0 Å². The first-order valence-corrected chi connectivity index (χ1v) is 7.00. The van der Waals surface area contributed by atoms with E-state index in [9.17, 15) is 9.59 Å². The number of hydrogen-bond donors (Lipinski definition) is 6. The molecule has 8 nitrogen and oxygen atoms in total. The molecule has 0 bridgehead atoms. The molecule has 2 atom stereocenters. The molecular weight excluding hydrogens is 304 g/mol. The van der Waals surface area contributed by atoms with Crippen molar-refractivity contribution in [3.05, 3.63) is 35.4 Å². The maximum atomic E-state index is 9.77. The largest absolute Gasteiger partial charge is 0.479 e. The molecule has 0 saturated heterocycles. The average molecular weight is 328 g/mol. The van der Waals surface area contributed by atoms with Gasteiger partial charge in [0.1, 0.15) is 0 Å². The lowest BCUT2D eigenvalue weighted by Gasteiger charge is -2.13. The zero-order chi connectivity index (χ0) is 18.0. The van der Waals surface area contributed by atoms with E-state index in [1.54, 1.807) is 0 Å². The highest BCUT2D eigenvalue weighted by Gasteiger charge is 2.29. The number of aliphatic carboxylic acids is 2. The summed E-state index contributed by atoms with van der Waals surface area (Å²) in [6.07, 6.45) is -3.53. The van der Waals surface area contributed by atoms with Gasteiger partial charge in [0.25, 0.3) is 0 Å². The number of aliphatic hydroxyl groups is 2. The van der Waals surface area contributed by atoms with Crippen LogP contribution in [0.5, 0.6) is 0 Å². The smallest absolute Gasteiger partial charge is 0.335 e. The van der Waals surface area contributed by atoms with Gasteiger partial charge in [-0.3, -0.25) is 0 Å². The maximum Gasteiger partial charge on any atom is 0.335 e. The first-order chi connectivity index (χ1) is 10.7. The van der Waals surface area contributed by atoms with Crippen LogP contribution in [-0.4, -0.2) is 57.7 Å². The molecule has 2 unspecified atom stereocenters. The van der Waals surface area contributed by atoms with Gasteiger partial charge in [0.15, 0.2) is 12.2 Å². The molecule has 130 valence electrons. The van der Waals surface area contributed by atoms with E-state index in [-0.39, 0.29) is 0 Å². The van der Waals surface area contributed by atoms with E-state index in [0.29, 0.717) is 19.0 Å². The Hall–Kier alpha value is -2.00. The molecule has 8 heteroatoms. The van der Waals surface area contributed by atoms with Crippen molar-refractivity contribution in [2.24, 2.45) is 17.4 Å². The maximum absolute atomic E-state index is 9.77. The molecule has 0 aliphatic rings. The molecule has 1 rings (SSSR count). The number of hydrogen-bond acceptors (Lipinski definition) is 6. The molecule has 0 amide bonds. The van der Waals surface area contributed by atoms with Crippen molar-refractivity contribution in [2.75, 3.05) is 13.1 Å². The Balaban J connectivity index is 0.000000438. The highest BCUT2D eigenvalue weighted by atomic mass is 16.4. The van der Waals surface area contributed by atoms with Gasteiger partial charge in [-0.15, -0.1) is 0 Å². The van der Waals surface area contributed by atoms with Gasteiger partial charge in [-0.05, 0) is 43.5 Å². The predicted molar refractivity (Wildman–Crippen MR) is 83.8 cm³/mol. The van der Waals surface area contributed by atoms with E-state index < -0.39 is 24.1 Å². The van der Waals surface area contributed by atoms with Crippen LogP contribution >= 0.6 is 0 Å². The summed E-state index contributed by atoms with van der Waals surface area (Å²) < 4.78 is 0. The monoisotopic (exact) mass is 328 g/mol. The highest BCUT2D eigenvalue weighted by molar-refractivity contribution is 5.83. The summed E-state index contributed by atoms with van der Waals surface area (Å²) in [5.41, 5.74) is 13.9. The Morgan fingerprint density at radius 2 is 1.43 bits per heavy atom. The van der Waals surface area contributed by atoms with Crippen LogP contribution in [0.15, 0.2) is 24.3 Å². The molecular formula is C15H24N2O6. The second kappa shape index (κ2) is 10.7. The molecule has 0 fully saturated rings. The summed E-state index contributed by atoms with van der Waals surface area (Å²) >= 11 is 0. The summed E-state index contributed by atoms with van der Waals surface area (Å²) in [6, 6.07) is 8.39. The van der Waals surface area contributed by atoms with Crippen LogP contribution in [0.3, 0.4) is 0 Å². The van der Waals surface area contributed by atoms with Gasteiger partial charge in [-0.1, -0.05) is 24.3 Å². The zero-order valence-corrected chi connectivity index (χ0v) is 12.9. The van der Waals surface area contributed by atoms with E-state index in [0.717, 1.165) is 6.42 Å². The van der Waals surface area contributed by atoms with Gasteiger partial charge >= 0.3 is 11.9 Å².